The van der Waals surface area contributed by atoms with Crippen LogP contribution in [0.5, 0.6) is 0 Å². The van der Waals surface area contributed by atoms with Gasteiger partial charge in [0.1, 0.15) is 0 Å². The molecule has 90 valence electrons. The van der Waals surface area contributed by atoms with Crippen LogP contribution in [0, 0.1) is 0 Å². The summed E-state index contributed by atoms with van der Waals surface area (Å²) in [5.74, 6) is 1.28. The van der Waals surface area contributed by atoms with E-state index < -0.39 is 0 Å². The van der Waals surface area contributed by atoms with Gasteiger partial charge < -0.3 is 5.32 Å². The van der Waals surface area contributed by atoms with Gasteiger partial charge in [-0.05, 0) is 38.1 Å². The molecule has 0 radical (unpaired) electrons. The van der Waals surface area contributed by atoms with E-state index in [9.17, 15) is 0 Å². The summed E-state index contributed by atoms with van der Waals surface area (Å²) in [6, 6.07) is 2.52. The fraction of sp³-hybridized carbons (Fsp3) is 0.750. The average molecular weight is 239 g/mol. The molecule has 1 aliphatic rings. The van der Waals surface area contributed by atoms with Gasteiger partial charge in [0.15, 0.2) is 0 Å². The minimum Gasteiger partial charge on any atom is -0.308 e. The fourth-order valence-corrected chi connectivity index (χ4v) is 3.87. The van der Waals surface area contributed by atoms with E-state index in [1.165, 1.54) is 24.3 Å². The summed E-state index contributed by atoms with van der Waals surface area (Å²) in [5, 5.41) is 8.16. The number of nitrogens with zero attached hydrogens (tertiary/aromatic N) is 2. The lowest BCUT2D eigenvalue weighted by molar-refractivity contribution is 0.410. The number of aromatic nitrogens is 2. The van der Waals surface area contributed by atoms with E-state index in [0.29, 0.717) is 10.8 Å². The first-order valence-electron chi connectivity index (χ1n) is 6.02. The highest BCUT2D eigenvalue weighted by molar-refractivity contribution is 8.00. The van der Waals surface area contributed by atoms with Gasteiger partial charge in [-0.1, -0.05) is 6.92 Å². The molecule has 0 aromatic carbocycles. The lowest BCUT2D eigenvalue weighted by Gasteiger charge is -2.32. The molecule has 0 spiro atoms. The van der Waals surface area contributed by atoms with E-state index in [2.05, 4.69) is 42.1 Å². The Balaban J connectivity index is 2.22. The summed E-state index contributed by atoms with van der Waals surface area (Å²) in [4.78, 5) is 0. The molecule has 1 fully saturated rings. The maximum absolute atomic E-state index is 4.56. The predicted molar refractivity (Wildman–Crippen MR) is 69.7 cm³/mol. The van der Waals surface area contributed by atoms with Crippen molar-refractivity contribution >= 4 is 11.8 Å². The molecular weight excluding hydrogens is 218 g/mol. The quantitative estimate of drug-likeness (QED) is 0.875. The van der Waals surface area contributed by atoms with Crippen molar-refractivity contribution in [3.63, 3.8) is 0 Å². The molecule has 2 unspecified atom stereocenters. The molecule has 0 bridgehead atoms. The van der Waals surface area contributed by atoms with E-state index >= 15 is 0 Å². The van der Waals surface area contributed by atoms with Crippen LogP contribution in [0.25, 0.3) is 0 Å². The van der Waals surface area contributed by atoms with Crippen LogP contribution < -0.4 is 5.32 Å². The van der Waals surface area contributed by atoms with Crippen molar-refractivity contribution in [3.8, 4) is 0 Å². The lowest BCUT2D eigenvalue weighted by Crippen LogP contribution is -2.37. The number of nitrogens with one attached hydrogen (secondary N) is 1. The van der Waals surface area contributed by atoms with Crippen LogP contribution in [0.3, 0.4) is 0 Å². The molecule has 1 aliphatic heterocycles. The smallest absolute Gasteiger partial charge is 0.0807 e. The zero-order valence-electron chi connectivity index (χ0n) is 10.4. The van der Waals surface area contributed by atoms with Crippen molar-refractivity contribution in [1.29, 1.82) is 0 Å². The maximum Gasteiger partial charge on any atom is 0.0807 e. The normalized spacial score (nSPS) is 27.2. The van der Waals surface area contributed by atoms with Gasteiger partial charge in [0.2, 0.25) is 0 Å². The molecule has 1 aromatic heterocycles. The summed E-state index contributed by atoms with van der Waals surface area (Å²) in [6.45, 7) is 5.53. The molecule has 0 saturated carbocycles. The number of rotatable bonds is 4. The molecule has 2 atom stereocenters. The zero-order valence-corrected chi connectivity index (χ0v) is 11.2. The third-order valence-corrected chi connectivity index (χ3v) is 4.89. The molecule has 1 N–H and O–H groups in total. The molecule has 16 heavy (non-hydrogen) atoms. The third-order valence-electron chi connectivity index (χ3n) is 3.30. The summed E-state index contributed by atoms with van der Waals surface area (Å²) >= 11 is 2.09. The van der Waals surface area contributed by atoms with Crippen molar-refractivity contribution in [1.82, 2.24) is 15.1 Å². The average Bonchev–Trinajstić information content (AvgIpc) is 2.85. The molecule has 3 nitrogen and oxygen atoms in total. The Hall–Kier alpha value is -0.480. The number of thioether (sulfide) groups is 1. The van der Waals surface area contributed by atoms with Gasteiger partial charge in [-0.3, -0.25) is 4.68 Å². The Morgan fingerprint density at radius 1 is 1.69 bits per heavy atom. The number of hydrogen-bond acceptors (Lipinski definition) is 3. The highest BCUT2D eigenvalue weighted by Crippen LogP contribution is 2.46. The Kier molecular flexibility index (Phi) is 3.60. The van der Waals surface area contributed by atoms with E-state index in [-0.39, 0.29) is 0 Å². The van der Waals surface area contributed by atoms with Crippen LogP contribution in [0.2, 0.25) is 0 Å². The minimum atomic E-state index is 0.310. The number of aryl methyl sites for hydroxylation is 1. The minimum absolute atomic E-state index is 0.310. The van der Waals surface area contributed by atoms with Crippen LogP contribution in [0.1, 0.15) is 38.4 Å². The first-order valence-corrected chi connectivity index (χ1v) is 7.01. The van der Waals surface area contributed by atoms with Gasteiger partial charge in [0, 0.05) is 18.0 Å². The van der Waals surface area contributed by atoms with Crippen LogP contribution >= 0.6 is 11.8 Å². The first kappa shape index (κ1) is 12.0. The van der Waals surface area contributed by atoms with Crippen molar-refractivity contribution in [3.05, 3.63) is 18.0 Å². The molecule has 0 amide bonds. The Morgan fingerprint density at radius 2 is 2.50 bits per heavy atom. The first-order chi connectivity index (χ1) is 7.65. The van der Waals surface area contributed by atoms with E-state index in [1.807, 2.05) is 17.9 Å². The monoisotopic (exact) mass is 239 g/mol. The highest BCUT2D eigenvalue weighted by Gasteiger charge is 2.39. The van der Waals surface area contributed by atoms with E-state index in [1.54, 1.807) is 0 Å². The highest BCUT2D eigenvalue weighted by atomic mass is 32.2. The van der Waals surface area contributed by atoms with Crippen LogP contribution in [0.4, 0.5) is 0 Å². The molecule has 2 heterocycles. The second-order valence-electron chi connectivity index (χ2n) is 4.67. The van der Waals surface area contributed by atoms with Gasteiger partial charge >= 0.3 is 0 Å². The molecular formula is C12H21N3S. The number of hydrogen-bond donors (Lipinski definition) is 1. The van der Waals surface area contributed by atoms with Gasteiger partial charge in [-0.25, -0.2) is 0 Å². The zero-order chi connectivity index (χ0) is 11.6. The van der Waals surface area contributed by atoms with Crippen molar-refractivity contribution < 1.29 is 0 Å². The summed E-state index contributed by atoms with van der Waals surface area (Å²) < 4.78 is 2.20. The van der Waals surface area contributed by atoms with Gasteiger partial charge in [0.05, 0.1) is 11.7 Å². The van der Waals surface area contributed by atoms with Gasteiger partial charge in [-0.2, -0.15) is 16.9 Å². The van der Waals surface area contributed by atoms with E-state index in [4.69, 9.17) is 0 Å². The fourth-order valence-electron chi connectivity index (χ4n) is 2.45. The van der Waals surface area contributed by atoms with E-state index in [0.717, 1.165) is 6.54 Å². The largest absolute Gasteiger partial charge is 0.308 e. The molecule has 1 saturated heterocycles. The maximum atomic E-state index is 4.56. The second-order valence-corrected chi connectivity index (χ2v) is 6.30. The van der Waals surface area contributed by atoms with Gasteiger partial charge in [-0.15, -0.1) is 0 Å². The summed E-state index contributed by atoms with van der Waals surface area (Å²) in [6.07, 6.45) is 4.64. The van der Waals surface area contributed by atoms with Gasteiger partial charge in [0.25, 0.3) is 0 Å². The Morgan fingerprint density at radius 3 is 3.00 bits per heavy atom. The van der Waals surface area contributed by atoms with Crippen LogP contribution in [0.15, 0.2) is 12.3 Å². The predicted octanol–water partition coefficient (Wildman–Crippen LogP) is 2.36. The summed E-state index contributed by atoms with van der Waals surface area (Å²) in [5.41, 5.74) is 1.18. The lowest BCUT2D eigenvalue weighted by atomic mass is 9.93. The summed E-state index contributed by atoms with van der Waals surface area (Å²) in [7, 11) is 1.98. The third kappa shape index (κ3) is 2.28. The molecule has 1 aromatic rings. The SMILES string of the molecule is CCNC(c1ccn(C)n1)C1(C)CCCS1. The van der Waals surface area contributed by atoms with Crippen LogP contribution in [-0.2, 0) is 7.05 Å². The molecule has 0 aliphatic carbocycles. The second kappa shape index (κ2) is 4.80. The molecule has 4 heteroatoms. The van der Waals surface area contributed by atoms with Crippen LogP contribution in [-0.4, -0.2) is 26.8 Å². The van der Waals surface area contributed by atoms with Crippen molar-refractivity contribution in [2.24, 2.45) is 7.05 Å². The Bertz CT molecular complexity index is 342. The molecule has 2 rings (SSSR count). The van der Waals surface area contributed by atoms with Crippen molar-refractivity contribution in [2.75, 3.05) is 12.3 Å². The topological polar surface area (TPSA) is 29.9 Å². The van der Waals surface area contributed by atoms with Crippen molar-refractivity contribution in [2.45, 2.75) is 37.5 Å². The standard InChI is InChI=1S/C12H21N3S/c1-4-13-11(10-6-8-15(3)14-10)12(2)7-5-9-16-12/h6,8,11,13H,4-5,7,9H2,1-3H3. The Labute approximate surface area is 102 Å².